The molecule has 1 atom stereocenters. The van der Waals surface area contributed by atoms with Crippen LogP contribution in [-0.2, 0) is 19.0 Å². The van der Waals surface area contributed by atoms with E-state index in [0.717, 1.165) is 32.8 Å². The van der Waals surface area contributed by atoms with E-state index in [1.807, 2.05) is 13.8 Å². The quantitative estimate of drug-likeness (QED) is 0.271. The lowest BCUT2D eigenvalue weighted by molar-refractivity contribution is -0.154. The van der Waals surface area contributed by atoms with Crippen molar-refractivity contribution in [3.8, 4) is 0 Å². The van der Waals surface area contributed by atoms with Crippen LogP contribution in [-0.4, -0.2) is 69.7 Å². The van der Waals surface area contributed by atoms with E-state index in [-0.39, 0.29) is 19.1 Å². The second-order valence-corrected chi connectivity index (χ2v) is 7.46. The molecule has 0 spiro atoms. The molecule has 0 amide bonds. The van der Waals surface area contributed by atoms with Crippen LogP contribution in [0.15, 0.2) is 4.95 Å². The fourth-order valence-corrected chi connectivity index (χ4v) is 2.80. The van der Waals surface area contributed by atoms with Gasteiger partial charge in [-0.1, -0.05) is 0 Å². The summed E-state index contributed by atoms with van der Waals surface area (Å²) in [4.78, 5) is 38.8. The summed E-state index contributed by atoms with van der Waals surface area (Å²) in [5, 5.41) is 2.62. The summed E-state index contributed by atoms with van der Waals surface area (Å²) in [7, 11) is -0.764. The third-order valence-corrected chi connectivity index (χ3v) is 4.95. The van der Waals surface area contributed by atoms with E-state index in [9.17, 15) is 14.5 Å². The minimum Gasteiger partial charge on any atom is -0.464 e. The first-order chi connectivity index (χ1) is 11.4. The fraction of sp³-hybridized carbons (Fsp3) is 0.857. The molecule has 1 fully saturated rings. The lowest BCUT2D eigenvalue weighted by Crippen LogP contribution is -2.40. The first-order valence-corrected chi connectivity index (χ1v) is 9.12. The Morgan fingerprint density at radius 1 is 1.33 bits per heavy atom. The molecular formula is C14H26N3O6P. The molecule has 0 aliphatic carbocycles. The Kier molecular flexibility index (Phi) is 9.28. The summed E-state index contributed by atoms with van der Waals surface area (Å²) in [6.07, 6.45) is 0.685. The topological polar surface area (TPSA) is 107 Å². The van der Waals surface area contributed by atoms with E-state index in [0.29, 0.717) is 6.42 Å². The maximum absolute atomic E-state index is 12.2. The molecule has 0 bridgehead atoms. The van der Waals surface area contributed by atoms with Crippen molar-refractivity contribution in [2.24, 2.45) is 10.4 Å². The number of ether oxygens (including phenoxy) is 3. The average molecular weight is 363 g/mol. The molecule has 24 heavy (non-hydrogen) atoms. The van der Waals surface area contributed by atoms with Gasteiger partial charge in [0.2, 0.25) is 0 Å². The highest BCUT2D eigenvalue weighted by molar-refractivity contribution is 7.71. The van der Waals surface area contributed by atoms with Crippen LogP contribution in [0.25, 0.3) is 0 Å². The monoisotopic (exact) mass is 363 g/mol. The van der Waals surface area contributed by atoms with Gasteiger partial charge < -0.3 is 14.2 Å². The second kappa shape index (κ2) is 10.7. The highest BCUT2D eigenvalue weighted by Crippen LogP contribution is 2.33. The molecule has 9 nitrogen and oxygen atoms in total. The van der Waals surface area contributed by atoms with Crippen LogP contribution in [0, 0.1) is 10.3 Å². The normalized spacial score (nSPS) is 17.1. The molecule has 0 saturated carbocycles. The Hall–Kier alpha value is -1.15. The summed E-state index contributed by atoms with van der Waals surface area (Å²) in [6.45, 7) is 7.94. The molecular weight excluding hydrogens is 337 g/mol. The second-order valence-electron chi connectivity index (χ2n) is 6.00. The largest absolute Gasteiger partial charge is 0.464 e. The number of hydrogen-bond donors (Lipinski definition) is 1. The van der Waals surface area contributed by atoms with Gasteiger partial charge in [0, 0.05) is 19.6 Å². The van der Waals surface area contributed by atoms with Crippen LogP contribution in [0.4, 0.5) is 4.79 Å². The maximum atomic E-state index is 12.2. The molecule has 1 rings (SSSR count). The number of nitrogens with zero attached hydrogens (tertiary/aromatic N) is 2. The third-order valence-electron chi connectivity index (χ3n) is 3.74. The summed E-state index contributed by atoms with van der Waals surface area (Å²) >= 11 is 0. The van der Waals surface area contributed by atoms with Crippen molar-refractivity contribution in [1.82, 2.24) is 9.99 Å². The van der Waals surface area contributed by atoms with Gasteiger partial charge in [-0.2, -0.15) is 0 Å². The summed E-state index contributed by atoms with van der Waals surface area (Å²) in [5.41, 5.74) is -1.31. The van der Waals surface area contributed by atoms with E-state index in [2.05, 4.69) is 19.7 Å². The molecule has 1 N–H and O–H groups in total. The number of hydrogen-bond acceptors (Lipinski definition) is 9. The van der Waals surface area contributed by atoms with Gasteiger partial charge in [0.1, 0.15) is 6.61 Å². The zero-order valence-electron chi connectivity index (χ0n) is 14.4. The van der Waals surface area contributed by atoms with Crippen LogP contribution < -0.4 is 5.09 Å². The first-order valence-electron chi connectivity index (χ1n) is 7.83. The Bertz CT molecular complexity index is 429. The summed E-state index contributed by atoms with van der Waals surface area (Å²) < 4.78 is 15.0. The third kappa shape index (κ3) is 7.17. The molecule has 1 heterocycles. The van der Waals surface area contributed by atoms with Gasteiger partial charge in [-0.15, -0.1) is 4.91 Å². The molecule has 10 heteroatoms. The van der Waals surface area contributed by atoms with Crippen molar-refractivity contribution in [2.75, 3.05) is 53.1 Å². The number of nitrogens with one attached hydrogen (secondary N) is 1. The van der Waals surface area contributed by atoms with Crippen molar-refractivity contribution >= 4 is 19.9 Å². The van der Waals surface area contributed by atoms with Gasteiger partial charge >= 0.3 is 11.7 Å². The van der Waals surface area contributed by atoms with Crippen LogP contribution in [0.5, 0.6) is 0 Å². The Labute approximate surface area is 143 Å². The van der Waals surface area contributed by atoms with Crippen molar-refractivity contribution in [3.05, 3.63) is 4.91 Å². The molecule has 1 aliphatic rings. The van der Waals surface area contributed by atoms with Crippen molar-refractivity contribution in [3.63, 3.8) is 0 Å². The predicted molar refractivity (Wildman–Crippen MR) is 89.7 cm³/mol. The molecule has 1 aliphatic heterocycles. The highest BCUT2D eigenvalue weighted by atomic mass is 31.1. The maximum Gasteiger partial charge on any atom is 0.368 e. The van der Waals surface area contributed by atoms with Crippen molar-refractivity contribution in [2.45, 2.75) is 20.3 Å². The van der Waals surface area contributed by atoms with Crippen LogP contribution in [0.1, 0.15) is 20.3 Å². The Morgan fingerprint density at radius 3 is 2.58 bits per heavy atom. The predicted octanol–water partition coefficient (Wildman–Crippen LogP) is 1.71. The van der Waals surface area contributed by atoms with E-state index in [1.54, 1.807) is 0 Å². The SMILES string of the molecule is COC(=O)P(N=O)NCCOC(=O)C(C)(C)CCN1CCOCC1. The standard InChI is InChI=1S/C14H26N3O6P/c1-14(2,4-6-17-7-10-22-11-8-17)12(18)23-9-5-15-24(16-20)13(19)21-3/h15H,4-11H2,1-3H3. The molecule has 0 radical (unpaired) electrons. The summed E-state index contributed by atoms with van der Waals surface area (Å²) in [5.74, 6) is -0.306. The Balaban J connectivity index is 2.26. The number of carbonyl (C=O) groups excluding carboxylic acids is 2. The average Bonchev–Trinajstić information content (AvgIpc) is 2.60. The van der Waals surface area contributed by atoms with E-state index in [1.165, 1.54) is 7.11 Å². The molecule has 0 aromatic carbocycles. The fourth-order valence-electron chi connectivity index (χ4n) is 2.07. The summed E-state index contributed by atoms with van der Waals surface area (Å²) in [6, 6.07) is 0. The van der Waals surface area contributed by atoms with E-state index in [4.69, 9.17) is 9.47 Å². The molecule has 1 saturated heterocycles. The first kappa shape index (κ1) is 20.9. The number of nitroso groups, excluding NO2 is 1. The number of carbonyl (C=O) groups is 2. The zero-order chi connectivity index (χ0) is 18.0. The molecule has 0 aromatic heterocycles. The molecule has 1 unspecified atom stereocenters. The zero-order valence-corrected chi connectivity index (χ0v) is 15.3. The number of methoxy groups -OCH3 is 1. The Morgan fingerprint density at radius 2 is 2.00 bits per heavy atom. The molecule has 138 valence electrons. The number of rotatable bonds is 10. The van der Waals surface area contributed by atoms with E-state index >= 15 is 0 Å². The van der Waals surface area contributed by atoms with Gasteiger partial charge in [-0.05, 0) is 31.8 Å². The minimum absolute atomic E-state index is 0.0607. The van der Waals surface area contributed by atoms with Crippen molar-refractivity contribution in [1.29, 1.82) is 0 Å². The van der Waals surface area contributed by atoms with Crippen LogP contribution >= 0.6 is 8.22 Å². The van der Waals surface area contributed by atoms with Gasteiger partial charge in [-0.3, -0.25) is 14.8 Å². The van der Waals surface area contributed by atoms with Crippen LogP contribution in [0.3, 0.4) is 0 Å². The molecule has 0 aromatic rings. The smallest absolute Gasteiger partial charge is 0.368 e. The van der Waals surface area contributed by atoms with E-state index < -0.39 is 19.3 Å². The number of morpholine rings is 1. The highest BCUT2D eigenvalue weighted by Gasteiger charge is 2.30. The minimum atomic E-state index is -1.95. The van der Waals surface area contributed by atoms with Gasteiger partial charge in [0.15, 0.2) is 0 Å². The lowest BCUT2D eigenvalue weighted by Gasteiger charge is -2.30. The van der Waals surface area contributed by atoms with Gasteiger partial charge in [0.25, 0.3) is 8.22 Å². The van der Waals surface area contributed by atoms with Gasteiger partial charge in [-0.25, -0.2) is 4.79 Å². The number of esters is 1. The van der Waals surface area contributed by atoms with Crippen molar-refractivity contribution < 1.29 is 23.8 Å². The van der Waals surface area contributed by atoms with Gasteiger partial charge in [0.05, 0.1) is 25.7 Å². The van der Waals surface area contributed by atoms with Crippen LogP contribution in [0.2, 0.25) is 0 Å². The lowest BCUT2D eigenvalue weighted by atomic mass is 9.89.